The van der Waals surface area contributed by atoms with E-state index in [9.17, 15) is 4.79 Å². The van der Waals surface area contributed by atoms with Gasteiger partial charge in [0.05, 0.1) is 25.4 Å². The molecule has 2 heterocycles. The van der Waals surface area contributed by atoms with Crippen LogP contribution in [0.2, 0.25) is 0 Å². The number of nitrogens with zero attached hydrogens (tertiary/aromatic N) is 3. The van der Waals surface area contributed by atoms with Crippen molar-refractivity contribution in [3.63, 3.8) is 0 Å². The molecule has 8 nitrogen and oxygen atoms in total. The van der Waals surface area contributed by atoms with Crippen LogP contribution in [0, 0.1) is 0 Å². The highest BCUT2D eigenvalue weighted by atomic mass is 32.2. The Morgan fingerprint density at radius 1 is 1.06 bits per heavy atom. The first-order valence-corrected chi connectivity index (χ1v) is 13.7. The monoisotopic (exact) mass is 502 g/mol. The van der Waals surface area contributed by atoms with Gasteiger partial charge >= 0.3 is 5.97 Å². The fourth-order valence-electron chi connectivity index (χ4n) is 3.75. The molecule has 0 saturated carbocycles. The maximum atomic E-state index is 13.3. The molecule has 1 aromatic carbocycles. The molecule has 0 fully saturated rings. The average molecular weight is 503 g/mol. The fraction of sp³-hybridized carbons (Fsp3) is 0.577. The molecular formula is C26H38N4O4S. The lowest BCUT2D eigenvalue weighted by atomic mass is 9.95. The summed E-state index contributed by atoms with van der Waals surface area (Å²) >= 11 is 1.60. The van der Waals surface area contributed by atoms with Gasteiger partial charge in [-0.05, 0) is 50.8 Å². The van der Waals surface area contributed by atoms with Crippen LogP contribution in [0.25, 0.3) is 0 Å². The Bertz CT molecular complexity index is 1020. The predicted molar refractivity (Wildman–Crippen MR) is 139 cm³/mol. The second-order valence-corrected chi connectivity index (χ2v) is 9.47. The van der Waals surface area contributed by atoms with E-state index in [-0.39, 0.29) is 5.97 Å². The zero-order chi connectivity index (χ0) is 25.2. The first-order chi connectivity index (χ1) is 17.0. The number of nitrogens with one attached hydrogen (secondary N) is 1. The normalized spacial score (nSPS) is 14.9. The quantitative estimate of drug-likeness (QED) is 0.191. The number of carbonyl (C=O) groups excluding carboxylic acids is 1. The molecule has 2 aromatic rings. The highest BCUT2D eigenvalue weighted by Gasteiger charge is 2.35. The summed E-state index contributed by atoms with van der Waals surface area (Å²) in [6, 6.07) is 5.33. The number of unbranched alkanes of at least 4 members (excludes halogenated alkanes) is 2. The van der Waals surface area contributed by atoms with Crippen LogP contribution in [-0.4, -0.2) is 46.3 Å². The summed E-state index contributed by atoms with van der Waals surface area (Å²) in [5.41, 5.74) is 2.09. The Hall–Kier alpha value is -2.68. The van der Waals surface area contributed by atoms with E-state index in [0.717, 1.165) is 43.4 Å². The summed E-state index contributed by atoms with van der Waals surface area (Å²) in [4.78, 5) is 17.9. The number of esters is 1. The van der Waals surface area contributed by atoms with E-state index < -0.39 is 6.04 Å². The zero-order valence-corrected chi connectivity index (χ0v) is 22.4. The third-order valence-electron chi connectivity index (χ3n) is 5.56. The third kappa shape index (κ3) is 6.72. The van der Waals surface area contributed by atoms with Gasteiger partial charge < -0.3 is 19.5 Å². The predicted octanol–water partition coefficient (Wildman–Crippen LogP) is 5.99. The van der Waals surface area contributed by atoms with E-state index in [1.54, 1.807) is 16.4 Å². The second-order valence-electron chi connectivity index (χ2n) is 8.41. The summed E-state index contributed by atoms with van der Waals surface area (Å²) < 4.78 is 19.3. The maximum Gasteiger partial charge on any atom is 0.338 e. The van der Waals surface area contributed by atoms with E-state index >= 15 is 0 Å². The van der Waals surface area contributed by atoms with Crippen molar-refractivity contribution >= 4 is 23.7 Å². The van der Waals surface area contributed by atoms with Crippen LogP contribution in [0.1, 0.15) is 78.3 Å². The maximum absolute atomic E-state index is 13.3. The molecule has 192 valence electrons. The summed E-state index contributed by atoms with van der Waals surface area (Å²) in [7, 11) is 0. The summed E-state index contributed by atoms with van der Waals surface area (Å²) in [6.45, 7) is 11.7. The second kappa shape index (κ2) is 13.4. The largest absolute Gasteiger partial charge is 0.490 e. The van der Waals surface area contributed by atoms with Gasteiger partial charge in [0.1, 0.15) is 6.04 Å². The Labute approximate surface area is 212 Å². The topological polar surface area (TPSA) is 87.5 Å². The van der Waals surface area contributed by atoms with Gasteiger partial charge in [0.25, 0.3) is 0 Å². The molecule has 1 aliphatic heterocycles. The Morgan fingerprint density at radius 2 is 1.83 bits per heavy atom. The number of rotatable bonds is 14. The molecular weight excluding hydrogens is 464 g/mol. The van der Waals surface area contributed by atoms with Crippen molar-refractivity contribution in [2.45, 2.75) is 77.9 Å². The van der Waals surface area contributed by atoms with Crippen molar-refractivity contribution < 1.29 is 19.0 Å². The Balaban J connectivity index is 2.04. The van der Waals surface area contributed by atoms with Gasteiger partial charge in [-0.25, -0.2) is 9.48 Å². The zero-order valence-electron chi connectivity index (χ0n) is 21.6. The number of ether oxygens (including phenoxy) is 3. The molecule has 0 saturated heterocycles. The van der Waals surface area contributed by atoms with Crippen LogP contribution in [0.5, 0.6) is 11.5 Å². The Kier molecular flexibility index (Phi) is 10.3. The van der Waals surface area contributed by atoms with E-state index in [2.05, 4.69) is 31.1 Å². The molecule has 1 unspecified atom stereocenters. The van der Waals surface area contributed by atoms with Crippen LogP contribution in [0.3, 0.4) is 0 Å². The van der Waals surface area contributed by atoms with Gasteiger partial charge in [-0.15, -0.1) is 5.10 Å². The third-order valence-corrected chi connectivity index (χ3v) is 6.60. The fourth-order valence-corrected chi connectivity index (χ4v) is 4.44. The lowest BCUT2D eigenvalue weighted by molar-refractivity contribution is -0.139. The van der Waals surface area contributed by atoms with Crippen molar-refractivity contribution in [2.75, 3.05) is 30.9 Å². The molecule has 0 spiro atoms. The van der Waals surface area contributed by atoms with Crippen molar-refractivity contribution in [1.82, 2.24) is 14.8 Å². The molecule has 0 bridgehead atoms. The molecule has 0 aliphatic carbocycles. The molecule has 1 aromatic heterocycles. The molecule has 1 aliphatic rings. The summed E-state index contributed by atoms with van der Waals surface area (Å²) in [5, 5.41) is 8.70. The van der Waals surface area contributed by atoms with Crippen molar-refractivity contribution in [2.24, 2.45) is 0 Å². The molecule has 9 heteroatoms. The number of anilines is 1. The molecule has 0 amide bonds. The number of carbonyl (C=O) groups is 1. The lowest BCUT2D eigenvalue weighted by Crippen LogP contribution is -2.30. The number of benzene rings is 1. The van der Waals surface area contributed by atoms with Gasteiger partial charge in [-0.2, -0.15) is 4.98 Å². The number of aromatic nitrogens is 3. The lowest BCUT2D eigenvalue weighted by Gasteiger charge is -2.28. The van der Waals surface area contributed by atoms with Crippen LogP contribution >= 0.6 is 11.8 Å². The van der Waals surface area contributed by atoms with Gasteiger partial charge in [0.2, 0.25) is 11.1 Å². The molecule has 1 atom stereocenters. The first-order valence-electron chi connectivity index (χ1n) is 12.7. The van der Waals surface area contributed by atoms with E-state index in [1.807, 2.05) is 32.0 Å². The number of hydrogen-bond donors (Lipinski definition) is 1. The van der Waals surface area contributed by atoms with Gasteiger partial charge in [0, 0.05) is 11.4 Å². The smallest absolute Gasteiger partial charge is 0.338 e. The van der Waals surface area contributed by atoms with Crippen molar-refractivity contribution in [1.29, 1.82) is 0 Å². The molecule has 3 rings (SSSR count). The standard InChI is InChI=1S/C26H38N4O4S/c1-6-10-14-33-20-13-12-19(17-21(20)32-9-4)23-22(24(31)34-15-11-7-2)18(5)27-25-28-26(29-30(23)25)35-16-8-3/h12-13,17,23H,6-11,14-16H2,1-5H3,(H,27,28,29). The number of thioether (sulfide) groups is 1. The number of hydrogen-bond acceptors (Lipinski definition) is 8. The van der Waals surface area contributed by atoms with Gasteiger partial charge in [0.15, 0.2) is 11.5 Å². The minimum Gasteiger partial charge on any atom is -0.490 e. The number of allylic oxidation sites excluding steroid dienone is 1. The summed E-state index contributed by atoms with van der Waals surface area (Å²) in [5.74, 6) is 2.53. The highest BCUT2D eigenvalue weighted by molar-refractivity contribution is 7.99. The van der Waals surface area contributed by atoms with Gasteiger partial charge in [-0.3, -0.25) is 0 Å². The van der Waals surface area contributed by atoms with Crippen molar-refractivity contribution in [3.05, 3.63) is 35.0 Å². The van der Waals surface area contributed by atoms with Crippen LogP contribution in [-0.2, 0) is 9.53 Å². The van der Waals surface area contributed by atoms with Crippen LogP contribution in [0.15, 0.2) is 34.6 Å². The van der Waals surface area contributed by atoms with E-state index in [0.29, 0.717) is 53.7 Å². The molecule has 1 N–H and O–H groups in total. The first kappa shape index (κ1) is 26.9. The minimum absolute atomic E-state index is 0.349. The molecule has 35 heavy (non-hydrogen) atoms. The summed E-state index contributed by atoms with van der Waals surface area (Å²) in [6.07, 6.45) is 4.82. The van der Waals surface area contributed by atoms with Crippen LogP contribution < -0.4 is 14.8 Å². The van der Waals surface area contributed by atoms with Crippen molar-refractivity contribution in [3.8, 4) is 11.5 Å². The Morgan fingerprint density at radius 3 is 2.54 bits per heavy atom. The van der Waals surface area contributed by atoms with E-state index in [4.69, 9.17) is 19.3 Å². The SMILES string of the molecule is CCCCOC(=O)C1=C(C)Nc2nc(SCCC)nn2C1c1ccc(OCCCC)c(OCC)c1. The highest BCUT2D eigenvalue weighted by Crippen LogP contribution is 2.40. The van der Waals surface area contributed by atoms with Gasteiger partial charge in [-0.1, -0.05) is 51.4 Å². The minimum atomic E-state index is -0.493. The molecule has 0 radical (unpaired) electrons. The average Bonchev–Trinajstić information content (AvgIpc) is 3.25. The van der Waals surface area contributed by atoms with Crippen LogP contribution in [0.4, 0.5) is 5.95 Å². The number of fused-ring (bicyclic) bond motifs is 1. The van der Waals surface area contributed by atoms with E-state index in [1.165, 1.54) is 0 Å².